The second-order valence-electron chi connectivity index (χ2n) is 4.99. The first-order chi connectivity index (χ1) is 9.79. The molecule has 1 unspecified atom stereocenters. The van der Waals surface area contributed by atoms with Gasteiger partial charge in [0.15, 0.2) is 11.2 Å². The van der Waals surface area contributed by atoms with Gasteiger partial charge < -0.3 is 10.1 Å². The van der Waals surface area contributed by atoms with Gasteiger partial charge in [0, 0.05) is 13.2 Å². The highest BCUT2D eigenvalue weighted by Gasteiger charge is 2.21. The van der Waals surface area contributed by atoms with E-state index in [0.29, 0.717) is 17.1 Å². The molecule has 1 aliphatic heterocycles. The SMILES string of the molecule is CCCCNc1nc2c(ncn2C2CCCO2)c(=O)[nH]1. The first kappa shape index (κ1) is 13.1. The lowest BCUT2D eigenvalue weighted by Crippen LogP contribution is -2.15. The smallest absolute Gasteiger partial charge is 0.280 e. The van der Waals surface area contributed by atoms with Crippen molar-refractivity contribution in [1.29, 1.82) is 0 Å². The van der Waals surface area contributed by atoms with Crippen LogP contribution in [0.15, 0.2) is 11.1 Å². The van der Waals surface area contributed by atoms with Gasteiger partial charge in [-0.05, 0) is 19.3 Å². The number of nitrogens with one attached hydrogen (secondary N) is 2. The number of nitrogens with zero attached hydrogens (tertiary/aromatic N) is 3. The van der Waals surface area contributed by atoms with Gasteiger partial charge in [-0.25, -0.2) is 4.98 Å². The van der Waals surface area contributed by atoms with E-state index in [0.717, 1.165) is 38.8 Å². The molecule has 0 bridgehead atoms. The van der Waals surface area contributed by atoms with Gasteiger partial charge in [-0.3, -0.25) is 14.3 Å². The molecule has 108 valence electrons. The van der Waals surface area contributed by atoms with Crippen molar-refractivity contribution in [1.82, 2.24) is 19.5 Å². The zero-order valence-electron chi connectivity index (χ0n) is 11.6. The van der Waals surface area contributed by atoms with Crippen molar-refractivity contribution in [2.75, 3.05) is 18.5 Å². The van der Waals surface area contributed by atoms with E-state index in [4.69, 9.17) is 4.74 Å². The van der Waals surface area contributed by atoms with Gasteiger partial charge in [0.2, 0.25) is 5.95 Å². The number of rotatable bonds is 5. The maximum atomic E-state index is 12.0. The highest BCUT2D eigenvalue weighted by atomic mass is 16.5. The van der Waals surface area contributed by atoms with Gasteiger partial charge in [-0.15, -0.1) is 0 Å². The van der Waals surface area contributed by atoms with Crippen molar-refractivity contribution < 1.29 is 4.74 Å². The van der Waals surface area contributed by atoms with Gasteiger partial charge in [-0.2, -0.15) is 4.98 Å². The van der Waals surface area contributed by atoms with E-state index in [-0.39, 0.29) is 11.8 Å². The maximum Gasteiger partial charge on any atom is 0.280 e. The van der Waals surface area contributed by atoms with Gasteiger partial charge in [0.1, 0.15) is 6.23 Å². The summed E-state index contributed by atoms with van der Waals surface area (Å²) in [5.41, 5.74) is 0.729. The number of unbranched alkanes of at least 4 members (excludes halogenated alkanes) is 1. The molecule has 20 heavy (non-hydrogen) atoms. The fraction of sp³-hybridized carbons (Fsp3) is 0.615. The zero-order valence-corrected chi connectivity index (χ0v) is 11.6. The Morgan fingerprint density at radius 3 is 3.25 bits per heavy atom. The molecule has 2 N–H and O–H groups in total. The summed E-state index contributed by atoms with van der Waals surface area (Å²) < 4.78 is 7.48. The Hall–Kier alpha value is -1.89. The molecule has 2 aromatic rings. The molecule has 1 aliphatic rings. The van der Waals surface area contributed by atoms with E-state index in [2.05, 4.69) is 27.2 Å². The molecule has 1 saturated heterocycles. The first-order valence-corrected chi connectivity index (χ1v) is 7.12. The average Bonchev–Trinajstić information content (AvgIpc) is 3.06. The predicted molar refractivity (Wildman–Crippen MR) is 75.8 cm³/mol. The van der Waals surface area contributed by atoms with Gasteiger partial charge in [0.25, 0.3) is 5.56 Å². The Morgan fingerprint density at radius 1 is 1.60 bits per heavy atom. The number of hydrogen-bond acceptors (Lipinski definition) is 5. The molecule has 0 saturated carbocycles. The minimum Gasteiger partial charge on any atom is -0.358 e. The summed E-state index contributed by atoms with van der Waals surface area (Å²) >= 11 is 0. The summed E-state index contributed by atoms with van der Waals surface area (Å²) in [7, 11) is 0. The fourth-order valence-corrected chi connectivity index (χ4v) is 2.38. The third-order valence-corrected chi connectivity index (χ3v) is 3.47. The molecule has 1 atom stereocenters. The second-order valence-corrected chi connectivity index (χ2v) is 4.99. The van der Waals surface area contributed by atoms with Crippen LogP contribution in [0.1, 0.15) is 38.8 Å². The minimum absolute atomic E-state index is 0.0576. The molecule has 1 fully saturated rings. The quantitative estimate of drug-likeness (QED) is 0.812. The van der Waals surface area contributed by atoms with Crippen LogP contribution in [0, 0.1) is 0 Å². The summed E-state index contributed by atoms with van der Waals surface area (Å²) in [4.78, 5) is 23.3. The Morgan fingerprint density at radius 2 is 2.50 bits per heavy atom. The summed E-state index contributed by atoms with van der Waals surface area (Å²) in [6.07, 6.45) is 5.66. The largest absolute Gasteiger partial charge is 0.358 e. The normalized spacial score (nSPS) is 18.8. The molecule has 2 aromatic heterocycles. The molecule has 7 nitrogen and oxygen atoms in total. The number of fused-ring (bicyclic) bond motifs is 1. The van der Waals surface area contributed by atoms with Crippen LogP contribution in [-0.4, -0.2) is 32.7 Å². The second kappa shape index (κ2) is 5.62. The Balaban J connectivity index is 1.95. The number of ether oxygens (including phenoxy) is 1. The number of aromatic nitrogens is 4. The standard InChI is InChI=1S/C13H19N5O2/c1-2-3-6-14-13-16-11-10(12(19)17-13)15-8-18(11)9-5-4-7-20-9/h8-9H,2-7H2,1H3,(H2,14,16,17,19). The summed E-state index contributed by atoms with van der Waals surface area (Å²) in [6, 6.07) is 0. The third-order valence-electron chi connectivity index (χ3n) is 3.47. The highest BCUT2D eigenvalue weighted by Crippen LogP contribution is 2.25. The molecule has 7 heteroatoms. The summed E-state index contributed by atoms with van der Waals surface area (Å²) in [6.45, 7) is 3.65. The van der Waals surface area contributed by atoms with Crippen molar-refractivity contribution in [3.8, 4) is 0 Å². The zero-order chi connectivity index (χ0) is 13.9. The summed E-state index contributed by atoms with van der Waals surface area (Å²) in [5.74, 6) is 0.496. The molecule has 0 aromatic carbocycles. The van der Waals surface area contributed by atoms with Crippen LogP contribution in [0.25, 0.3) is 11.2 Å². The molecular weight excluding hydrogens is 258 g/mol. The number of aromatic amines is 1. The Labute approximate surface area is 116 Å². The molecule has 3 rings (SSSR count). The van der Waals surface area contributed by atoms with Crippen LogP contribution >= 0.6 is 0 Å². The van der Waals surface area contributed by atoms with Crippen LogP contribution in [-0.2, 0) is 4.74 Å². The van der Waals surface area contributed by atoms with Crippen molar-refractivity contribution >= 4 is 17.1 Å². The third kappa shape index (κ3) is 2.40. The van der Waals surface area contributed by atoms with Crippen molar-refractivity contribution in [3.05, 3.63) is 16.7 Å². The van der Waals surface area contributed by atoms with E-state index in [9.17, 15) is 4.79 Å². The van der Waals surface area contributed by atoms with Crippen LogP contribution in [0.5, 0.6) is 0 Å². The lowest BCUT2D eigenvalue weighted by molar-refractivity contribution is 0.0593. The van der Waals surface area contributed by atoms with E-state index in [1.54, 1.807) is 6.33 Å². The first-order valence-electron chi connectivity index (χ1n) is 7.12. The van der Waals surface area contributed by atoms with Gasteiger partial charge in [0.05, 0.1) is 6.33 Å². The van der Waals surface area contributed by atoms with Gasteiger partial charge in [-0.1, -0.05) is 13.3 Å². The monoisotopic (exact) mass is 277 g/mol. The number of anilines is 1. The molecule has 0 radical (unpaired) electrons. The molecule has 3 heterocycles. The van der Waals surface area contributed by atoms with E-state index in [1.165, 1.54) is 0 Å². The number of imidazole rings is 1. The molecular formula is C13H19N5O2. The topological polar surface area (TPSA) is 84.8 Å². The Kier molecular flexibility index (Phi) is 3.68. The number of hydrogen-bond donors (Lipinski definition) is 2. The molecule has 0 spiro atoms. The van der Waals surface area contributed by atoms with Gasteiger partial charge >= 0.3 is 0 Å². The van der Waals surface area contributed by atoms with Crippen LogP contribution < -0.4 is 10.9 Å². The van der Waals surface area contributed by atoms with E-state index in [1.807, 2.05) is 4.57 Å². The van der Waals surface area contributed by atoms with E-state index >= 15 is 0 Å². The van der Waals surface area contributed by atoms with Crippen molar-refractivity contribution in [2.45, 2.75) is 38.8 Å². The van der Waals surface area contributed by atoms with E-state index < -0.39 is 0 Å². The van der Waals surface area contributed by atoms with Crippen LogP contribution in [0.4, 0.5) is 5.95 Å². The fourth-order valence-electron chi connectivity index (χ4n) is 2.38. The lowest BCUT2D eigenvalue weighted by Gasteiger charge is -2.11. The number of H-pyrrole nitrogens is 1. The molecule has 0 aliphatic carbocycles. The Bertz CT molecular complexity index is 642. The lowest BCUT2D eigenvalue weighted by atomic mass is 10.3. The highest BCUT2D eigenvalue weighted by molar-refractivity contribution is 5.70. The molecule has 0 amide bonds. The van der Waals surface area contributed by atoms with Crippen LogP contribution in [0.2, 0.25) is 0 Å². The van der Waals surface area contributed by atoms with Crippen molar-refractivity contribution in [3.63, 3.8) is 0 Å². The average molecular weight is 277 g/mol. The summed E-state index contributed by atoms with van der Waals surface area (Å²) in [5, 5.41) is 3.14. The minimum atomic E-state index is -0.217. The maximum absolute atomic E-state index is 12.0. The predicted octanol–water partition coefficient (Wildman–Crippen LogP) is 1.64. The van der Waals surface area contributed by atoms with Crippen LogP contribution in [0.3, 0.4) is 0 Å². The van der Waals surface area contributed by atoms with Crippen molar-refractivity contribution in [2.24, 2.45) is 0 Å².